The Kier molecular flexibility index (Phi) is 8.41. The normalized spacial score (nSPS) is 12.6. The molecule has 0 heterocycles. The van der Waals surface area contributed by atoms with Crippen molar-refractivity contribution in [1.29, 1.82) is 0 Å². The first kappa shape index (κ1) is 24.7. The third-order valence-corrected chi connectivity index (χ3v) is 14.6. The Morgan fingerprint density at radius 1 is 0.767 bits per heavy atom. The van der Waals surface area contributed by atoms with E-state index in [1.807, 2.05) is 54.6 Å². The largest absolute Gasteiger partial charge is 0.494 e. The van der Waals surface area contributed by atoms with Gasteiger partial charge in [-0.15, -0.1) is 0 Å². The van der Waals surface area contributed by atoms with Gasteiger partial charge >= 0.3 is 8.56 Å². The van der Waals surface area contributed by atoms with E-state index in [0.29, 0.717) is 17.7 Å². The minimum absolute atomic E-state index is 0.0272. The summed E-state index contributed by atoms with van der Waals surface area (Å²) in [5, 5.41) is 0. The van der Waals surface area contributed by atoms with Gasteiger partial charge in [-0.1, -0.05) is 30.3 Å². The van der Waals surface area contributed by atoms with Crippen LogP contribution < -0.4 is 4.74 Å². The summed E-state index contributed by atoms with van der Waals surface area (Å²) < 4.78 is 18.8. The average molecular weight is 461 g/mol. The van der Waals surface area contributed by atoms with E-state index in [-0.39, 0.29) is 5.78 Å². The monoisotopic (exact) mass is 460 g/mol. The van der Waals surface area contributed by atoms with Gasteiger partial charge in [-0.25, -0.2) is 0 Å². The van der Waals surface area contributed by atoms with Crippen LogP contribution in [-0.4, -0.2) is 37.6 Å². The lowest BCUT2D eigenvalue weighted by molar-refractivity contribution is 0.103. The van der Waals surface area contributed by atoms with Gasteiger partial charge < -0.3 is 13.0 Å². The molecule has 0 fully saturated rings. The maximum absolute atomic E-state index is 12.5. The number of hydrogen-bond acceptors (Lipinski definition) is 4. The van der Waals surface area contributed by atoms with Crippen LogP contribution >= 0.6 is 0 Å². The summed E-state index contributed by atoms with van der Waals surface area (Å²) >= 11 is 0. The van der Waals surface area contributed by atoms with E-state index in [4.69, 9.17) is 13.0 Å². The van der Waals surface area contributed by atoms with Crippen LogP contribution in [-0.2, 0) is 8.23 Å². The van der Waals surface area contributed by atoms with Gasteiger partial charge in [0.25, 0.3) is 0 Å². The van der Waals surface area contributed by atoms with Gasteiger partial charge in [0.05, 0.1) is 6.61 Å². The molecule has 7 heteroatoms. The van der Waals surface area contributed by atoms with Crippen LogP contribution in [0.4, 0.5) is 0 Å². The second-order valence-corrected chi connectivity index (χ2v) is 22.3. The molecule has 0 amide bonds. The van der Waals surface area contributed by atoms with Crippen LogP contribution in [0, 0.1) is 0 Å². The van der Waals surface area contributed by atoms with Gasteiger partial charge in [0.1, 0.15) is 5.75 Å². The first-order valence-corrected chi connectivity index (χ1v) is 19.9. The third kappa shape index (κ3) is 8.69. The van der Waals surface area contributed by atoms with Gasteiger partial charge in [0.15, 0.2) is 22.4 Å². The SMILES string of the molecule is C[Si](C)(C)O[Si](C)(C)O[Si](C)(C)CCCOc1ccc(C(=O)c2ccccc2)cc1. The molecule has 0 bridgehead atoms. The molecule has 0 atom stereocenters. The summed E-state index contributed by atoms with van der Waals surface area (Å²) in [6, 6.07) is 17.7. The fraction of sp³-hybridized carbons (Fsp3) is 0.435. The van der Waals surface area contributed by atoms with E-state index < -0.39 is 25.2 Å². The molecule has 30 heavy (non-hydrogen) atoms. The Morgan fingerprint density at radius 3 is 1.90 bits per heavy atom. The van der Waals surface area contributed by atoms with E-state index in [9.17, 15) is 4.79 Å². The predicted molar refractivity (Wildman–Crippen MR) is 132 cm³/mol. The van der Waals surface area contributed by atoms with Crippen LogP contribution in [0.3, 0.4) is 0 Å². The molecular formula is C23H36O4Si3. The van der Waals surface area contributed by atoms with E-state index in [1.54, 1.807) is 0 Å². The molecule has 0 aliphatic carbocycles. The Bertz CT molecular complexity index is 813. The van der Waals surface area contributed by atoms with Crippen molar-refractivity contribution in [2.75, 3.05) is 6.61 Å². The van der Waals surface area contributed by atoms with Gasteiger partial charge in [0.2, 0.25) is 0 Å². The third-order valence-electron chi connectivity index (χ3n) is 4.42. The van der Waals surface area contributed by atoms with Crippen molar-refractivity contribution >= 4 is 31.0 Å². The molecule has 0 saturated heterocycles. The molecule has 0 N–H and O–H groups in total. The highest BCUT2D eigenvalue weighted by molar-refractivity contribution is 6.87. The summed E-state index contributed by atoms with van der Waals surface area (Å²) in [5.74, 6) is 0.816. The fourth-order valence-corrected chi connectivity index (χ4v) is 16.8. The fourth-order valence-electron chi connectivity index (χ4n) is 3.62. The Labute approximate surface area is 185 Å². The van der Waals surface area contributed by atoms with Gasteiger partial charge in [-0.3, -0.25) is 4.79 Å². The summed E-state index contributed by atoms with van der Waals surface area (Å²) in [6.07, 6.45) is 0.946. The van der Waals surface area contributed by atoms with Crippen LogP contribution in [0.2, 0.25) is 51.9 Å². The highest BCUT2D eigenvalue weighted by Gasteiger charge is 2.37. The zero-order chi connectivity index (χ0) is 22.4. The molecule has 0 aliphatic heterocycles. The van der Waals surface area contributed by atoms with E-state index >= 15 is 0 Å². The smallest absolute Gasteiger partial charge is 0.311 e. The number of ketones is 1. The van der Waals surface area contributed by atoms with Crippen molar-refractivity contribution in [2.24, 2.45) is 0 Å². The van der Waals surface area contributed by atoms with Crippen molar-refractivity contribution in [3.8, 4) is 5.75 Å². The van der Waals surface area contributed by atoms with Crippen molar-refractivity contribution in [2.45, 2.75) is 58.3 Å². The Morgan fingerprint density at radius 2 is 1.33 bits per heavy atom. The average Bonchev–Trinajstić information content (AvgIpc) is 2.63. The summed E-state index contributed by atoms with van der Waals surface area (Å²) in [5.41, 5.74) is 1.37. The molecule has 2 aromatic rings. The minimum Gasteiger partial charge on any atom is -0.494 e. The first-order chi connectivity index (χ1) is 13.9. The number of rotatable bonds is 11. The minimum atomic E-state index is -2.09. The van der Waals surface area contributed by atoms with Crippen molar-refractivity contribution in [3.05, 3.63) is 65.7 Å². The van der Waals surface area contributed by atoms with Crippen molar-refractivity contribution in [1.82, 2.24) is 0 Å². The predicted octanol–water partition coefficient (Wildman–Crippen LogP) is 6.46. The van der Waals surface area contributed by atoms with Crippen LogP contribution in [0.25, 0.3) is 0 Å². The number of ether oxygens (including phenoxy) is 1. The van der Waals surface area contributed by atoms with E-state index in [0.717, 1.165) is 18.2 Å². The topological polar surface area (TPSA) is 44.8 Å². The molecule has 0 spiro atoms. The maximum atomic E-state index is 12.5. The van der Waals surface area contributed by atoms with E-state index in [1.165, 1.54) is 0 Å². The lowest BCUT2D eigenvalue weighted by Gasteiger charge is -2.37. The molecule has 0 aliphatic rings. The van der Waals surface area contributed by atoms with Crippen LogP contribution in [0.5, 0.6) is 5.75 Å². The molecule has 2 rings (SSSR count). The second kappa shape index (κ2) is 10.2. The zero-order valence-corrected chi connectivity index (χ0v) is 22.5. The first-order valence-electron chi connectivity index (χ1n) is 10.6. The molecule has 0 saturated carbocycles. The van der Waals surface area contributed by atoms with E-state index in [2.05, 4.69) is 45.8 Å². The summed E-state index contributed by atoms with van der Waals surface area (Å²) in [6.45, 7) is 16.1. The molecule has 164 valence electrons. The Hall–Kier alpha value is -1.52. The maximum Gasteiger partial charge on any atom is 0.311 e. The van der Waals surface area contributed by atoms with Gasteiger partial charge in [-0.05, 0) is 82.6 Å². The number of carbonyl (C=O) groups is 1. The zero-order valence-electron chi connectivity index (χ0n) is 19.5. The standard InChI is InChI=1S/C23H36O4Si3/c1-28(2,3)26-30(6,7)27-29(4,5)19-11-18-25-22-16-14-21(15-17-22)23(24)20-12-9-8-10-13-20/h8-10,12-17H,11,18-19H2,1-7H3. The lowest BCUT2D eigenvalue weighted by atomic mass is 10.0. The lowest BCUT2D eigenvalue weighted by Crippen LogP contribution is -2.51. The summed E-state index contributed by atoms with van der Waals surface area (Å²) in [4.78, 5) is 12.5. The number of carbonyl (C=O) groups excluding carboxylic acids is 1. The van der Waals surface area contributed by atoms with Gasteiger partial charge in [0, 0.05) is 11.1 Å². The molecule has 4 nitrogen and oxygen atoms in total. The number of benzene rings is 2. The van der Waals surface area contributed by atoms with Crippen LogP contribution in [0.1, 0.15) is 22.3 Å². The van der Waals surface area contributed by atoms with Crippen molar-refractivity contribution in [3.63, 3.8) is 0 Å². The Balaban J connectivity index is 1.80. The molecule has 0 unspecified atom stereocenters. The molecule has 2 aromatic carbocycles. The molecule has 0 radical (unpaired) electrons. The quantitative estimate of drug-likeness (QED) is 0.219. The number of hydrogen-bond donors (Lipinski definition) is 0. The van der Waals surface area contributed by atoms with Gasteiger partial charge in [-0.2, -0.15) is 0 Å². The highest BCUT2D eigenvalue weighted by Crippen LogP contribution is 2.24. The highest BCUT2D eigenvalue weighted by atomic mass is 28.5. The molecule has 0 aromatic heterocycles. The molecular weight excluding hydrogens is 425 g/mol. The second-order valence-electron chi connectivity index (χ2n) is 9.65. The van der Waals surface area contributed by atoms with Crippen molar-refractivity contribution < 1.29 is 17.8 Å². The van der Waals surface area contributed by atoms with Crippen LogP contribution in [0.15, 0.2) is 54.6 Å². The summed E-state index contributed by atoms with van der Waals surface area (Å²) in [7, 11) is -5.50.